The molecule has 0 rings (SSSR count). The van der Waals surface area contributed by atoms with Gasteiger partial charge < -0.3 is 14.2 Å². The van der Waals surface area contributed by atoms with E-state index in [1.807, 2.05) is 0 Å². The lowest BCUT2D eigenvalue weighted by molar-refractivity contribution is -0.167. The lowest BCUT2D eigenvalue weighted by atomic mass is 10.1. The molecule has 0 heterocycles. The summed E-state index contributed by atoms with van der Waals surface area (Å²) in [7, 11) is 0. The van der Waals surface area contributed by atoms with E-state index >= 15 is 0 Å². The molecule has 83 heavy (non-hydrogen) atoms. The van der Waals surface area contributed by atoms with Crippen LogP contribution in [0.1, 0.15) is 303 Å². The zero-order chi connectivity index (χ0) is 59.9. The van der Waals surface area contributed by atoms with Crippen molar-refractivity contribution in [3.8, 4) is 0 Å². The molecule has 0 spiro atoms. The molecular weight excluding hydrogens is 1020 g/mol. The van der Waals surface area contributed by atoms with Crippen molar-refractivity contribution in [3.63, 3.8) is 0 Å². The zero-order valence-corrected chi connectivity index (χ0v) is 53.9. The van der Waals surface area contributed by atoms with Gasteiger partial charge in [0.05, 0.1) is 0 Å². The van der Waals surface area contributed by atoms with Crippen molar-refractivity contribution >= 4 is 17.9 Å². The molecular formula is C77H126O6. The SMILES string of the molecule is CC/C=C\C/C=C\C/C=C\C/C=C\C/C=C\C/C=C\C/C=C\C/C=C\CCCCC(=O)OCC(COC(=O)CCCCCCCCCCC/C=C\C/C=C\CCCCC)OC(=O)CCCCCCCCCCC/C=C\C/C=C\CCCCC. The van der Waals surface area contributed by atoms with Gasteiger partial charge in [0.1, 0.15) is 13.2 Å². The third kappa shape index (κ3) is 68.0. The molecule has 0 amide bonds. The number of unbranched alkanes of at least 4 members (excludes halogenated alkanes) is 26. The third-order valence-corrected chi connectivity index (χ3v) is 14.3. The topological polar surface area (TPSA) is 78.9 Å². The summed E-state index contributed by atoms with van der Waals surface area (Å²) in [5.74, 6) is -0.949. The molecule has 470 valence electrons. The highest BCUT2D eigenvalue weighted by Gasteiger charge is 2.19. The molecule has 1 unspecified atom stereocenters. The maximum Gasteiger partial charge on any atom is 0.306 e. The normalized spacial score (nSPS) is 13.0. The Kier molecular flexibility index (Phi) is 65.8. The van der Waals surface area contributed by atoms with Crippen LogP contribution >= 0.6 is 0 Å². The van der Waals surface area contributed by atoms with Crippen LogP contribution in [0.5, 0.6) is 0 Å². The van der Waals surface area contributed by atoms with Crippen LogP contribution in [0.4, 0.5) is 0 Å². The Balaban J connectivity index is 4.49. The van der Waals surface area contributed by atoms with Crippen molar-refractivity contribution < 1.29 is 28.6 Å². The van der Waals surface area contributed by atoms with E-state index < -0.39 is 6.10 Å². The van der Waals surface area contributed by atoms with Crippen LogP contribution in [0.15, 0.2) is 146 Å². The molecule has 0 N–H and O–H groups in total. The van der Waals surface area contributed by atoms with Gasteiger partial charge in [-0.2, -0.15) is 0 Å². The van der Waals surface area contributed by atoms with Crippen molar-refractivity contribution in [2.75, 3.05) is 13.2 Å². The number of carbonyl (C=O) groups excluding carboxylic acids is 3. The predicted molar refractivity (Wildman–Crippen MR) is 362 cm³/mol. The van der Waals surface area contributed by atoms with Crippen molar-refractivity contribution in [2.45, 2.75) is 309 Å². The van der Waals surface area contributed by atoms with E-state index in [0.717, 1.165) is 116 Å². The highest BCUT2D eigenvalue weighted by atomic mass is 16.6. The van der Waals surface area contributed by atoms with E-state index in [1.54, 1.807) is 0 Å². The monoisotopic (exact) mass is 1150 g/mol. The fraction of sp³-hybridized carbons (Fsp3) is 0.649. The standard InChI is InChI=1S/C77H126O6/c1-4-7-10-13-16-19-22-25-28-31-34-35-36-37-38-39-40-41-44-46-49-52-55-58-61-64-67-70-76(79)82-73-74(83-77(80)71-68-65-62-59-56-53-50-47-43-33-30-27-24-21-18-15-12-9-6-3)72-81-75(78)69-66-63-60-57-54-51-48-45-42-32-29-26-23-20-17-14-11-8-5-2/h7,10,16-21,25-30,34-35,37-38,40-41,46,49,55,58,74H,4-6,8-9,11-15,22-24,31-33,36,39,42-45,47-48,50-54,56-57,59-73H2,1-3H3/b10-7-,19-16-,20-17-,21-18-,28-25-,29-26-,30-27-,35-34-,38-37-,41-40-,49-46-,58-55-. The first-order valence-electron chi connectivity index (χ1n) is 34.3. The number of ether oxygens (including phenoxy) is 3. The van der Waals surface area contributed by atoms with Crippen molar-refractivity contribution in [1.82, 2.24) is 0 Å². The fourth-order valence-corrected chi connectivity index (χ4v) is 9.17. The first-order valence-corrected chi connectivity index (χ1v) is 34.3. The molecule has 0 saturated carbocycles. The summed E-state index contributed by atoms with van der Waals surface area (Å²) in [6.07, 6.45) is 99.9. The van der Waals surface area contributed by atoms with E-state index in [9.17, 15) is 14.4 Å². The van der Waals surface area contributed by atoms with Crippen LogP contribution in [0.2, 0.25) is 0 Å². The van der Waals surface area contributed by atoms with E-state index in [2.05, 4.69) is 167 Å². The Bertz CT molecular complexity index is 1800. The lowest BCUT2D eigenvalue weighted by Gasteiger charge is -2.18. The summed E-state index contributed by atoms with van der Waals surface area (Å²) < 4.78 is 16.9. The van der Waals surface area contributed by atoms with Gasteiger partial charge >= 0.3 is 17.9 Å². The molecule has 0 aliphatic carbocycles. The van der Waals surface area contributed by atoms with Crippen LogP contribution in [-0.4, -0.2) is 37.2 Å². The Morgan fingerprint density at radius 1 is 0.253 bits per heavy atom. The smallest absolute Gasteiger partial charge is 0.306 e. The minimum Gasteiger partial charge on any atom is -0.462 e. The quantitative estimate of drug-likeness (QED) is 0.0261. The molecule has 0 radical (unpaired) electrons. The van der Waals surface area contributed by atoms with Gasteiger partial charge in [-0.25, -0.2) is 0 Å². The first kappa shape index (κ1) is 78.3. The summed E-state index contributed by atoms with van der Waals surface area (Å²) in [6, 6.07) is 0. The summed E-state index contributed by atoms with van der Waals surface area (Å²) >= 11 is 0. The average Bonchev–Trinajstić information content (AvgIpc) is 3.50. The highest BCUT2D eigenvalue weighted by molar-refractivity contribution is 5.71. The van der Waals surface area contributed by atoms with Gasteiger partial charge in [-0.3, -0.25) is 14.4 Å². The molecule has 1 atom stereocenters. The number of hydrogen-bond donors (Lipinski definition) is 0. The van der Waals surface area contributed by atoms with Crippen LogP contribution in [0.25, 0.3) is 0 Å². The molecule has 0 aliphatic rings. The Hall–Kier alpha value is -4.71. The summed E-state index contributed by atoms with van der Waals surface area (Å²) in [5, 5.41) is 0. The van der Waals surface area contributed by atoms with E-state index in [1.165, 1.54) is 141 Å². The van der Waals surface area contributed by atoms with Gasteiger partial charge in [-0.05, 0) is 148 Å². The zero-order valence-electron chi connectivity index (χ0n) is 53.9. The second-order valence-electron chi connectivity index (χ2n) is 22.3. The number of carbonyl (C=O) groups is 3. The largest absolute Gasteiger partial charge is 0.462 e. The van der Waals surface area contributed by atoms with Crippen molar-refractivity contribution in [2.24, 2.45) is 0 Å². The molecule has 6 heteroatoms. The third-order valence-electron chi connectivity index (χ3n) is 14.3. The molecule has 0 aromatic rings. The Morgan fingerprint density at radius 2 is 0.470 bits per heavy atom. The number of esters is 3. The minimum absolute atomic E-state index is 0.0999. The summed E-state index contributed by atoms with van der Waals surface area (Å²) in [5.41, 5.74) is 0. The van der Waals surface area contributed by atoms with Gasteiger partial charge in [0.25, 0.3) is 0 Å². The maximum atomic E-state index is 13.0. The van der Waals surface area contributed by atoms with Crippen LogP contribution in [0, 0.1) is 0 Å². The molecule has 0 aliphatic heterocycles. The van der Waals surface area contributed by atoms with Gasteiger partial charge in [0.15, 0.2) is 6.10 Å². The van der Waals surface area contributed by atoms with Gasteiger partial charge in [0.2, 0.25) is 0 Å². The Morgan fingerprint density at radius 3 is 0.759 bits per heavy atom. The molecule has 0 saturated heterocycles. The van der Waals surface area contributed by atoms with Gasteiger partial charge in [-0.15, -0.1) is 0 Å². The molecule has 0 fully saturated rings. The average molecular weight is 1150 g/mol. The van der Waals surface area contributed by atoms with Crippen LogP contribution in [-0.2, 0) is 28.6 Å². The maximum absolute atomic E-state index is 13.0. The molecule has 0 bridgehead atoms. The number of rotatable bonds is 61. The molecule has 0 aromatic heterocycles. The van der Waals surface area contributed by atoms with E-state index in [-0.39, 0.29) is 31.1 Å². The number of allylic oxidation sites excluding steroid dienone is 24. The van der Waals surface area contributed by atoms with Crippen molar-refractivity contribution in [1.29, 1.82) is 0 Å². The predicted octanol–water partition coefficient (Wildman–Crippen LogP) is 23.9. The molecule has 6 nitrogen and oxygen atoms in total. The van der Waals surface area contributed by atoms with E-state index in [0.29, 0.717) is 25.7 Å². The second-order valence-corrected chi connectivity index (χ2v) is 22.3. The summed E-state index contributed by atoms with van der Waals surface area (Å²) in [6.45, 7) is 6.45. The minimum atomic E-state index is -0.809. The van der Waals surface area contributed by atoms with Gasteiger partial charge in [0, 0.05) is 19.3 Å². The Labute approximate surface area is 512 Å². The highest BCUT2D eigenvalue weighted by Crippen LogP contribution is 2.15. The second kappa shape index (κ2) is 69.8. The van der Waals surface area contributed by atoms with Crippen LogP contribution < -0.4 is 0 Å². The molecule has 0 aromatic carbocycles. The lowest BCUT2D eigenvalue weighted by Crippen LogP contribution is -2.30. The van der Waals surface area contributed by atoms with Gasteiger partial charge in [-0.1, -0.05) is 282 Å². The fourth-order valence-electron chi connectivity index (χ4n) is 9.17. The van der Waals surface area contributed by atoms with Crippen LogP contribution in [0.3, 0.4) is 0 Å². The van der Waals surface area contributed by atoms with Crippen molar-refractivity contribution in [3.05, 3.63) is 146 Å². The first-order chi connectivity index (χ1) is 41.0. The number of hydrogen-bond acceptors (Lipinski definition) is 6. The summed E-state index contributed by atoms with van der Waals surface area (Å²) in [4.78, 5) is 38.5. The van der Waals surface area contributed by atoms with E-state index in [4.69, 9.17) is 14.2 Å².